The van der Waals surface area contributed by atoms with E-state index in [9.17, 15) is 9.59 Å². The number of carbonyl (C=O) groups excluding carboxylic acids is 2. The zero-order valence-electron chi connectivity index (χ0n) is 15.1. The Labute approximate surface area is 148 Å². The number of hydrogen-bond donors (Lipinski definition) is 2. The fraction of sp³-hybridized carbons (Fsp3) is 0.300. The second-order valence-electron chi connectivity index (χ2n) is 6.74. The molecule has 0 radical (unpaired) electrons. The smallest absolute Gasteiger partial charge is 0.262 e. The Balaban J connectivity index is 1.97. The van der Waals surface area contributed by atoms with Crippen molar-refractivity contribution >= 4 is 17.5 Å². The maximum atomic E-state index is 12.1. The van der Waals surface area contributed by atoms with Gasteiger partial charge < -0.3 is 15.4 Å². The molecule has 0 saturated carbocycles. The molecule has 0 atom stereocenters. The van der Waals surface area contributed by atoms with E-state index in [1.165, 1.54) is 5.56 Å². The van der Waals surface area contributed by atoms with Crippen LogP contribution in [0.4, 0.5) is 5.69 Å². The molecule has 0 bridgehead atoms. The minimum Gasteiger partial charge on any atom is -0.484 e. The Kier molecular flexibility index (Phi) is 5.80. The average Bonchev–Trinajstić information content (AvgIpc) is 2.59. The van der Waals surface area contributed by atoms with E-state index in [0.717, 1.165) is 0 Å². The van der Waals surface area contributed by atoms with E-state index < -0.39 is 0 Å². The molecule has 0 aromatic heterocycles. The molecule has 2 aromatic carbocycles. The molecule has 0 fully saturated rings. The molecular formula is C20H24N2O3. The van der Waals surface area contributed by atoms with Gasteiger partial charge in [-0.25, -0.2) is 0 Å². The topological polar surface area (TPSA) is 67.4 Å². The zero-order valence-corrected chi connectivity index (χ0v) is 15.1. The number of para-hydroxylation sites is 1. The van der Waals surface area contributed by atoms with Gasteiger partial charge in [0.05, 0.1) is 11.3 Å². The predicted molar refractivity (Wildman–Crippen MR) is 99.1 cm³/mol. The SMILES string of the molecule is CNC(=O)c1ccccc1NC(=O)COc1ccc(C(C)(C)C)cc1. The van der Waals surface area contributed by atoms with Crippen LogP contribution in [0.3, 0.4) is 0 Å². The first-order chi connectivity index (χ1) is 11.8. The lowest BCUT2D eigenvalue weighted by atomic mass is 9.87. The van der Waals surface area contributed by atoms with Gasteiger partial charge >= 0.3 is 0 Å². The van der Waals surface area contributed by atoms with Crippen molar-refractivity contribution < 1.29 is 14.3 Å². The van der Waals surface area contributed by atoms with Crippen LogP contribution in [0.1, 0.15) is 36.7 Å². The van der Waals surface area contributed by atoms with Gasteiger partial charge in [0.1, 0.15) is 5.75 Å². The molecule has 2 amide bonds. The van der Waals surface area contributed by atoms with E-state index in [-0.39, 0.29) is 23.8 Å². The summed E-state index contributed by atoms with van der Waals surface area (Å²) in [4.78, 5) is 23.9. The monoisotopic (exact) mass is 340 g/mol. The Morgan fingerprint density at radius 2 is 1.64 bits per heavy atom. The second kappa shape index (κ2) is 7.83. The molecule has 0 saturated heterocycles. The van der Waals surface area contributed by atoms with Gasteiger partial charge in [-0.15, -0.1) is 0 Å². The normalized spacial score (nSPS) is 10.9. The molecule has 0 spiro atoms. The second-order valence-corrected chi connectivity index (χ2v) is 6.74. The predicted octanol–water partition coefficient (Wildman–Crippen LogP) is 3.36. The highest BCUT2D eigenvalue weighted by molar-refractivity contribution is 6.03. The molecule has 25 heavy (non-hydrogen) atoms. The van der Waals surface area contributed by atoms with E-state index in [1.807, 2.05) is 24.3 Å². The summed E-state index contributed by atoms with van der Waals surface area (Å²) in [7, 11) is 1.55. The standard InChI is InChI=1S/C20H24N2O3/c1-20(2,3)14-9-11-15(12-10-14)25-13-18(23)22-17-8-6-5-7-16(17)19(24)21-4/h5-12H,13H2,1-4H3,(H,21,24)(H,22,23). The van der Waals surface area contributed by atoms with Crippen molar-refractivity contribution in [1.82, 2.24) is 5.32 Å². The van der Waals surface area contributed by atoms with E-state index >= 15 is 0 Å². The van der Waals surface area contributed by atoms with Crippen LogP contribution in [0.25, 0.3) is 0 Å². The quantitative estimate of drug-likeness (QED) is 0.877. The van der Waals surface area contributed by atoms with Crippen molar-refractivity contribution in [2.45, 2.75) is 26.2 Å². The molecule has 2 rings (SSSR count). The lowest BCUT2D eigenvalue weighted by Crippen LogP contribution is -2.24. The zero-order chi connectivity index (χ0) is 18.4. The Morgan fingerprint density at radius 3 is 2.24 bits per heavy atom. The number of anilines is 1. The maximum Gasteiger partial charge on any atom is 0.262 e. The van der Waals surface area contributed by atoms with Crippen molar-refractivity contribution in [3.8, 4) is 5.75 Å². The first-order valence-electron chi connectivity index (χ1n) is 8.15. The van der Waals surface area contributed by atoms with Crippen molar-refractivity contribution in [3.63, 3.8) is 0 Å². The van der Waals surface area contributed by atoms with Crippen molar-refractivity contribution in [1.29, 1.82) is 0 Å². The van der Waals surface area contributed by atoms with Gasteiger partial charge in [0.15, 0.2) is 6.61 Å². The summed E-state index contributed by atoms with van der Waals surface area (Å²) in [5.74, 6) is 0.0496. The van der Waals surface area contributed by atoms with Crippen molar-refractivity contribution in [2.75, 3.05) is 19.0 Å². The number of amides is 2. The van der Waals surface area contributed by atoms with Gasteiger partial charge in [-0.05, 0) is 35.2 Å². The van der Waals surface area contributed by atoms with E-state index in [0.29, 0.717) is 17.0 Å². The van der Waals surface area contributed by atoms with Gasteiger partial charge in [0, 0.05) is 7.05 Å². The summed E-state index contributed by atoms with van der Waals surface area (Å²) < 4.78 is 5.52. The third-order valence-electron chi connectivity index (χ3n) is 3.76. The summed E-state index contributed by atoms with van der Waals surface area (Å²) in [6.45, 7) is 6.29. The van der Waals surface area contributed by atoms with Gasteiger partial charge in [-0.2, -0.15) is 0 Å². The Morgan fingerprint density at radius 1 is 1.00 bits per heavy atom. The van der Waals surface area contributed by atoms with Crippen LogP contribution in [0.15, 0.2) is 48.5 Å². The summed E-state index contributed by atoms with van der Waals surface area (Å²) >= 11 is 0. The number of nitrogens with one attached hydrogen (secondary N) is 2. The van der Waals surface area contributed by atoms with Crippen molar-refractivity contribution in [3.05, 3.63) is 59.7 Å². The van der Waals surface area contributed by atoms with Crippen LogP contribution in [-0.4, -0.2) is 25.5 Å². The minimum absolute atomic E-state index is 0.0689. The summed E-state index contributed by atoms with van der Waals surface area (Å²) in [6, 6.07) is 14.5. The number of carbonyl (C=O) groups is 2. The highest BCUT2D eigenvalue weighted by Crippen LogP contribution is 2.24. The van der Waals surface area contributed by atoms with Gasteiger partial charge in [0.25, 0.3) is 11.8 Å². The van der Waals surface area contributed by atoms with Crippen LogP contribution < -0.4 is 15.4 Å². The molecule has 132 valence electrons. The molecule has 0 unspecified atom stereocenters. The van der Waals surface area contributed by atoms with E-state index in [1.54, 1.807) is 31.3 Å². The third-order valence-corrected chi connectivity index (χ3v) is 3.76. The largest absolute Gasteiger partial charge is 0.484 e. The first kappa shape index (κ1) is 18.5. The lowest BCUT2D eigenvalue weighted by Gasteiger charge is -2.19. The fourth-order valence-electron chi connectivity index (χ4n) is 2.31. The highest BCUT2D eigenvalue weighted by atomic mass is 16.5. The van der Waals surface area contributed by atoms with E-state index in [4.69, 9.17) is 4.74 Å². The van der Waals surface area contributed by atoms with Gasteiger partial charge in [-0.1, -0.05) is 45.0 Å². The number of hydrogen-bond acceptors (Lipinski definition) is 3. The lowest BCUT2D eigenvalue weighted by molar-refractivity contribution is -0.118. The van der Waals surface area contributed by atoms with Crippen LogP contribution in [-0.2, 0) is 10.2 Å². The molecule has 2 N–H and O–H groups in total. The van der Waals surface area contributed by atoms with Crippen molar-refractivity contribution in [2.24, 2.45) is 0 Å². The summed E-state index contributed by atoms with van der Waals surface area (Å²) in [6.07, 6.45) is 0. The number of rotatable bonds is 5. The fourth-order valence-corrected chi connectivity index (χ4v) is 2.31. The molecule has 0 aliphatic heterocycles. The molecule has 5 nitrogen and oxygen atoms in total. The summed E-state index contributed by atoms with van der Waals surface area (Å²) in [5, 5.41) is 5.26. The Hall–Kier alpha value is -2.82. The van der Waals surface area contributed by atoms with Crippen LogP contribution in [0.5, 0.6) is 5.75 Å². The third kappa shape index (κ3) is 5.08. The highest BCUT2D eigenvalue weighted by Gasteiger charge is 2.14. The summed E-state index contributed by atoms with van der Waals surface area (Å²) in [5.41, 5.74) is 2.13. The number of benzene rings is 2. The van der Waals surface area contributed by atoms with E-state index in [2.05, 4.69) is 31.4 Å². The van der Waals surface area contributed by atoms with Crippen LogP contribution >= 0.6 is 0 Å². The Bertz CT molecular complexity index is 746. The molecule has 0 aliphatic rings. The maximum absolute atomic E-state index is 12.1. The average molecular weight is 340 g/mol. The molecular weight excluding hydrogens is 316 g/mol. The van der Waals surface area contributed by atoms with Gasteiger partial charge in [0.2, 0.25) is 0 Å². The molecule has 0 aliphatic carbocycles. The molecule has 5 heteroatoms. The molecule has 0 heterocycles. The molecule has 2 aromatic rings. The number of ether oxygens (including phenoxy) is 1. The van der Waals surface area contributed by atoms with Gasteiger partial charge in [-0.3, -0.25) is 9.59 Å². The van der Waals surface area contributed by atoms with Crippen LogP contribution in [0.2, 0.25) is 0 Å². The minimum atomic E-state index is -0.323. The first-order valence-corrected chi connectivity index (χ1v) is 8.15. The van der Waals surface area contributed by atoms with Crippen LogP contribution in [0, 0.1) is 0 Å².